The Hall–Kier alpha value is -2.40. The highest BCUT2D eigenvalue weighted by molar-refractivity contribution is 5.71. The number of hydrogen-bond donors (Lipinski definition) is 0. The first kappa shape index (κ1) is 16.5. The molecule has 0 spiro atoms. The number of para-hydroxylation sites is 1. The molecular weight excluding hydrogens is 309 g/mol. The van der Waals surface area contributed by atoms with Gasteiger partial charge in [-0.05, 0) is 42.7 Å². The minimum atomic E-state index is -0.398. The molecule has 24 heavy (non-hydrogen) atoms. The first-order valence-electron chi connectivity index (χ1n) is 7.99. The van der Waals surface area contributed by atoms with E-state index in [1.807, 2.05) is 18.2 Å². The molecule has 0 bridgehead atoms. The van der Waals surface area contributed by atoms with Crippen LogP contribution in [0.5, 0.6) is 5.75 Å². The number of likely N-dealkylation sites (tertiary alicyclic amines) is 1. The summed E-state index contributed by atoms with van der Waals surface area (Å²) in [7, 11) is 1.67. The lowest BCUT2D eigenvalue weighted by atomic mass is 9.93. The Labute approximate surface area is 140 Å². The molecule has 1 fully saturated rings. The molecule has 126 valence electrons. The second kappa shape index (κ2) is 7.45. The van der Waals surface area contributed by atoms with Crippen LogP contribution in [-0.4, -0.2) is 30.8 Å². The van der Waals surface area contributed by atoms with Crippen molar-refractivity contribution in [3.05, 3.63) is 66.0 Å². The molecule has 2 atom stereocenters. The van der Waals surface area contributed by atoms with Crippen molar-refractivity contribution in [3.8, 4) is 5.75 Å². The van der Waals surface area contributed by atoms with Crippen molar-refractivity contribution in [3.63, 3.8) is 0 Å². The van der Waals surface area contributed by atoms with E-state index in [0.29, 0.717) is 18.7 Å². The molecule has 0 radical (unpaired) electrons. The van der Waals surface area contributed by atoms with Gasteiger partial charge in [0.25, 0.3) is 0 Å². The normalized spacial score (nSPS) is 20.7. The third kappa shape index (κ3) is 3.74. The fourth-order valence-electron chi connectivity index (χ4n) is 3.01. The van der Waals surface area contributed by atoms with Crippen molar-refractivity contribution in [2.24, 2.45) is 0 Å². The second-order valence-corrected chi connectivity index (χ2v) is 5.82. The van der Waals surface area contributed by atoms with Crippen LogP contribution in [0.2, 0.25) is 0 Å². The van der Waals surface area contributed by atoms with Gasteiger partial charge in [0.05, 0.1) is 12.1 Å². The SMILES string of the molecule is CO[C@@H]1CCN(C(=O)Oc2ccccc2)[C@@H](c2ccc(F)cc2)C1. The molecule has 2 aromatic carbocycles. The second-order valence-electron chi connectivity index (χ2n) is 5.82. The van der Waals surface area contributed by atoms with Crippen LogP contribution in [0.25, 0.3) is 0 Å². The number of nitrogens with zero attached hydrogens (tertiary/aromatic N) is 1. The van der Waals surface area contributed by atoms with E-state index < -0.39 is 6.09 Å². The lowest BCUT2D eigenvalue weighted by Gasteiger charge is -2.38. The first-order valence-corrected chi connectivity index (χ1v) is 7.99. The Bertz CT molecular complexity index is 675. The zero-order chi connectivity index (χ0) is 16.9. The van der Waals surface area contributed by atoms with Gasteiger partial charge in [0.1, 0.15) is 11.6 Å². The number of ether oxygens (including phenoxy) is 2. The van der Waals surface area contributed by atoms with Gasteiger partial charge >= 0.3 is 6.09 Å². The van der Waals surface area contributed by atoms with Gasteiger partial charge in [-0.3, -0.25) is 0 Å². The number of benzene rings is 2. The fourth-order valence-corrected chi connectivity index (χ4v) is 3.01. The molecule has 0 aromatic heterocycles. The number of carbonyl (C=O) groups is 1. The van der Waals surface area contributed by atoms with E-state index in [1.54, 1.807) is 36.3 Å². The molecule has 0 N–H and O–H groups in total. The van der Waals surface area contributed by atoms with Gasteiger partial charge in [0.2, 0.25) is 0 Å². The van der Waals surface area contributed by atoms with E-state index in [0.717, 1.165) is 12.0 Å². The summed E-state index contributed by atoms with van der Waals surface area (Å²) in [6.45, 7) is 0.534. The number of hydrogen-bond acceptors (Lipinski definition) is 3. The summed E-state index contributed by atoms with van der Waals surface area (Å²) in [4.78, 5) is 14.3. The maximum atomic E-state index is 13.2. The Morgan fingerprint density at radius 2 is 1.83 bits per heavy atom. The lowest BCUT2D eigenvalue weighted by molar-refractivity contribution is 0.0163. The predicted molar refractivity (Wildman–Crippen MR) is 88.3 cm³/mol. The smallest absolute Gasteiger partial charge is 0.410 e. The molecule has 2 aromatic rings. The van der Waals surface area contributed by atoms with Gasteiger partial charge in [-0.1, -0.05) is 30.3 Å². The number of methoxy groups -OCH3 is 1. The average Bonchev–Trinajstić information content (AvgIpc) is 2.62. The molecule has 1 amide bonds. The standard InChI is InChI=1S/C19H20FNO3/c1-23-17-11-12-21(19(22)24-16-5-3-2-4-6-16)18(13-17)14-7-9-15(20)10-8-14/h2-10,17-18H,11-13H2,1H3/t17-,18-/m1/s1. The summed E-state index contributed by atoms with van der Waals surface area (Å²) in [5.41, 5.74) is 0.878. The van der Waals surface area contributed by atoms with E-state index >= 15 is 0 Å². The maximum absolute atomic E-state index is 13.2. The predicted octanol–water partition coefficient (Wildman–Crippen LogP) is 4.18. The maximum Gasteiger partial charge on any atom is 0.415 e. The van der Waals surface area contributed by atoms with Gasteiger partial charge < -0.3 is 14.4 Å². The zero-order valence-electron chi connectivity index (χ0n) is 13.5. The van der Waals surface area contributed by atoms with Crippen LogP contribution in [0.15, 0.2) is 54.6 Å². The third-order valence-electron chi connectivity index (χ3n) is 4.33. The summed E-state index contributed by atoms with van der Waals surface area (Å²) in [5.74, 6) is 0.213. The van der Waals surface area contributed by atoms with Crippen LogP contribution in [-0.2, 0) is 4.74 Å². The molecule has 1 aliphatic heterocycles. The van der Waals surface area contributed by atoms with Crippen LogP contribution in [0, 0.1) is 5.82 Å². The molecule has 1 heterocycles. The highest BCUT2D eigenvalue weighted by Crippen LogP contribution is 2.33. The number of piperidine rings is 1. The van der Waals surface area contributed by atoms with E-state index in [-0.39, 0.29) is 18.0 Å². The molecule has 0 aliphatic carbocycles. The molecule has 1 aliphatic rings. The van der Waals surface area contributed by atoms with Crippen molar-refractivity contribution >= 4 is 6.09 Å². The molecule has 3 rings (SSSR count). The lowest BCUT2D eigenvalue weighted by Crippen LogP contribution is -2.44. The van der Waals surface area contributed by atoms with E-state index in [2.05, 4.69) is 0 Å². The minimum absolute atomic E-state index is 0.0702. The van der Waals surface area contributed by atoms with Gasteiger partial charge in [-0.25, -0.2) is 9.18 Å². The Kier molecular flexibility index (Phi) is 5.11. The Morgan fingerprint density at radius 1 is 1.12 bits per heavy atom. The third-order valence-corrected chi connectivity index (χ3v) is 4.33. The Balaban J connectivity index is 1.80. The quantitative estimate of drug-likeness (QED) is 0.848. The molecule has 5 heteroatoms. The van der Waals surface area contributed by atoms with Crippen molar-refractivity contribution in [2.45, 2.75) is 25.0 Å². The number of amides is 1. The van der Waals surface area contributed by atoms with Gasteiger partial charge in [-0.2, -0.15) is 0 Å². The molecule has 4 nitrogen and oxygen atoms in total. The molecule has 0 saturated carbocycles. The number of rotatable bonds is 3. The van der Waals surface area contributed by atoms with Gasteiger partial charge in [0.15, 0.2) is 0 Å². The fraction of sp³-hybridized carbons (Fsp3) is 0.316. The van der Waals surface area contributed by atoms with Crippen molar-refractivity contribution < 1.29 is 18.7 Å². The monoisotopic (exact) mass is 329 g/mol. The summed E-state index contributed by atoms with van der Waals surface area (Å²) in [6, 6.07) is 15.0. The highest BCUT2D eigenvalue weighted by Gasteiger charge is 2.34. The van der Waals surface area contributed by atoms with Crippen molar-refractivity contribution in [1.82, 2.24) is 4.90 Å². The van der Waals surface area contributed by atoms with Crippen LogP contribution >= 0.6 is 0 Å². The van der Waals surface area contributed by atoms with Gasteiger partial charge in [-0.15, -0.1) is 0 Å². The molecule has 0 unspecified atom stereocenters. The van der Waals surface area contributed by atoms with Crippen LogP contribution in [0.3, 0.4) is 0 Å². The highest BCUT2D eigenvalue weighted by atomic mass is 19.1. The topological polar surface area (TPSA) is 38.8 Å². The minimum Gasteiger partial charge on any atom is -0.410 e. The number of carbonyl (C=O) groups excluding carboxylic acids is 1. The van der Waals surface area contributed by atoms with Crippen LogP contribution < -0.4 is 4.74 Å². The number of halogens is 1. The summed E-state index contributed by atoms with van der Waals surface area (Å²) < 4.78 is 24.1. The summed E-state index contributed by atoms with van der Waals surface area (Å²) in [5, 5.41) is 0. The van der Waals surface area contributed by atoms with Gasteiger partial charge in [0, 0.05) is 13.7 Å². The zero-order valence-corrected chi connectivity index (χ0v) is 13.5. The average molecular weight is 329 g/mol. The van der Waals surface area contributed by atoms with Crippen LogP contribution in [0.4, 0.5) is 9.18 Å². The molecule has 1 saturated heterocycles. The van der Waals surface area contributed by atoms with E-state index in [4.69, 9.17) is 9.47 Å². The van der Waals surface area contributed by atoms with E-state index in [9.17, 15) is 9.18 Å². The summed E-state index contributed by atoms with van der Waals surface area (Å²) in [6.07, 6.45) is 1.08. The largest absolute Gasteiger partial charge is 0.415 e. The first-order chi connectivity index (χ1) is 11.7. The molecular formula is C19H20FNO3. The summed E-state index contributed by atoms with van der Waals surface area (Å²) >= 11 is 0. The van der Waals surface area contributed by atoms with E-state index in [1.165, 1.54) is 12.1 Å². The van der Waals surface area contributed by atoms with Crippen molar-refractivity contribution in [1.29, 1.82) is 0 Å². The van der Waals surface area contributed by atoms with Crippen LogP contribution in [0.1, 0.15) is 24.4 Å². The van der Waals surface area contributed by atoms with Crippen molar-refractivity contribution in [2.75, 3.05) is 13.7 Å². The Morgan fingerprint density at radius 3 is 2.50 bits per heavy atom.